The molecule has 12 nitrogen and oxygen atoms in total. The molecular weight excluding hydrogens is 532 g/mol. The Morgan fingerprint density at radius 1 is 1.21 bits per heavy atom. The molecule has 198 valence electrons. The molecule has 1 aliphatic rings. The molecule has 3 atom stereocenters. The fraction of sp³-hybridized carbons (Fsp3) is 0.261. The van der Waals surface area contributed by atoms with Gasteiger partial charge in [0.25, 0.3) is 0 Å². The van der Waals surface area contributed by atoms with E-state index in [1.807, 2.05) is 0 Å². The average Bonchev–Trinajstić information content (AvgIpc) is 3.40. The first-order valence-electron chi connectivity index (χ1n) is 11.3. The number of nitrogens with two attached hydrogens (primary N) is 1. The fourth-order valence-electron chi connectivity index (χ4n) is 4.50. The third-order valence-corrected chi connectivity index (χ3v) is 6.71. The number of anilines is 1. The molecule has 0 saturated carbocycles. The van der Waals surface area contributed by atoms with Gasteiger partial charge in [0.1, 0.15) is 19.8 Å². The van der Waals surface area contributed by atoms with E-state index in [1.165, 1.54) is 35.1 Å². The van der Waals surface area contributed by atoms with Gasteiger partial charge in [-0.3, -0.25) is 4.68 Å². The third kappa shape index (κ3) is 4.18. The standard InChI is InChI=1S/C23H20B2ClFN6O6/c1-9-13-6-11(27)3-4-12(13)17-14(8-32(2)30-17)21(24,34)16-18(10-5-15(39-9)20(28)29-7-10)33(31-19(16)26)22(25,35)23(36,37)38/h3-9,34-38H,1-2H3,(H2,28,29)/t9-,21?,22?/m1/s1. The van der Waals surface area contributed by atoms with Crippen molar-refractivity contribution in [3.8, 4) is 28.3 Å². The van der Waals surface area contributed by atoms with Crippen LogP contribution >= 0.6 is 11.6 Å². The van der Waals surface area contributed by atoms with Crippen LogP contribution < -0.4 is 10.5 Å². The van der Waals surface area contributed by atoms with E-state index >= 15 is 0 Å². The largest absolute Gasteiger partial charge is 0.482 e. The highest BCUT2D eigenvalue weighted by Gasteiger charge is 2.49. The molecule has 2 unspecified atom stereocenters. The number of ether oxygens (including phenoxy) is 1. The van der Waals surface area contributed by atoms with Crippen molar-refractivity contribution in [3.63, 3.8) is 0 Å². The zero-order valence-corrected chi connectivity index (χ0v) is 21.2. The Morgan fingerprint density at radius 2 is 1.90 bits per heavy atom. The molecule has 0 spiro atoms. The van der Waals surface area contributed by atoms with Crippen LogP contribution in [-0.4, -0.2) is 71.7 Å². The van der Waals surface area contributed by atoms with E-state index in [9.17, 15) is 29.9 Å². The van der Waals surface area contributed by atoms with E-state index in [4.69, 9.17) is 37.8 Å². The molecule has 4 aromatic rings. The molecule has 1 aromatic carbocycles. The van der Waals surface area contributed by atoms with Crippen molar-refractivity contribution in [1.29, 1.82) is 0 Å². The smallest absolute Gasteiger partial charge is 0.317 e. The highest BCUT2D eigenvalue weighted by atomic mass is 35.5. The van der Waals surface area contributed by atoms with E-state index in [1.54, 1.807) is 14.0 Å². The minimum absolute atomic E-state index is 0.0313. The molecule has 39 heavy (non-hydrogen) atoms. The monoisotopic (exact) mass is 552 g/mol. The lowest BCUT2D eigenvalue weighted by atomic mass is 9.69. The first kappa shape index (κ1) is 27.1. The Balaban J connectivity index is 1.95. The zero-order chi connectivity index (χ0) is 28.7. The normalized spacial score (nSPS) is 20.5. The van der Waals surface area contributed by atoms with Gasteiger partial charge in [-0.25, -0.2) is 14.1 Å². The number of nitrogen functional groups attached to an aromatic ring is 1. The Morgan fingerprint density at radius 3 is 2.56 bits per heavy atom. The number of aryl methyl sites for hydroxylation is 1. The molecular formula is C23H20B2ClFN6O6. The molecule has 0 fully saturated rings. The molecule has 5 rings (SSSR count). The predicted molar refractivity (Wildman–Crippen MR) is 137 cm³/mol. The third-order valence-electron chi connectivity index (χ3n) is 6.45. The van der Waals surface area contributed by atoms with E-state index in [0.29, 0.717) is 15.8 Å². The van der Waals surface area contributed by atoms with Gasteiger partial charge in [0, 0.05) is 47.3 Å². The summed E-state index contributed by atoms with van der Waals surface area (Å²) < 4.78 is 22.1. The van der Waals surface area contributed by atoms with Crippen molar-refractivity contribution < 1.29 is 34.7 Å². The van der Waals surface area contributed by atoms with Crippen LogP contribution in [0.5, 0.6) is 5.75 Å². The summed E-state index contributed by atoms with van der Waals surface area (Å²) in [5.41, 5.74) is -0.0531. The van der Waals surface area contributed by atoms with Gasteiger partial charge >= 0.3 is 5.97 Å². The van der Waals surface area contributed by atoms with Gasteiger partial charge in [0.05, 0.1) is 16.9 Å². The summed E-state index contributed by atoms with van der Waals surface area (Å²) >= 11 is 6.42. The van der Waals surface area contributed by atoms with Crippen molar-refractivity contribution >= 4 is 33.1 Å². The number of benzene rings is 1. The SMILES string of the molecule is [B]C1(O)c2cn(C)nc2-c2ccc(F)cc2[C@@H](C)Oc2cc(cnc2N)-c2c1c(Cl)nn2C([B])(O)C(O)(O)O. The summed E-state index contributed by atoms with van der Waals surface area (Å²) in [6.07, 6.45) is 1.69. The second kappa shape index (κ2) is 8.78. The second-order valence-corrected chi connectivity index (χ2v) is 9.58. The molecule has 4 radical (unpaired) electrons. The van der Waals surface area contributed by atoms with Crippen molar-refractivity contribution in [1.82, 2.24) is 24.5 Å². The summed E-state index contributed by atoms with van der Waals surface area (Å²) in [5.74, 6) is -4.64. The first-order valence-corrected chi connectivity index (χ1v) is 11.7. The molecule has 0 amide bonds. The van der Waals surface area contributed by atoms with Crippen LogP contribution in [0.25, 0.3) is 22.5 Å². The predicted octanol–water partition coefficient (Wildman–Crippen LogP) is -0.0626. The molecule has 2 bridgehead atoms. The highest BCUT2D eigenvalue weighted by Crippen LogP contribution is 2.46. The first-order chi connectivity index (χ1) is 18.0. The minimum Gasteiger partial charge on any atom is -0.482 e. The summed E-state index contributed by atoms with van der Waals surface area (Å²) in [6.45, 7) is 1.62. The van der Waals surface area contributed by atoms with Crippen molar-refractivity contribution in [2.75, 3.05) is 5.73 Å². The van der Waals surface area contributed by atoms with Crippen molar-refractivity contribution in [3.05, 3.63) is 64.3 Å². The van der Waals surface area contributed by atoms with Crippen molar-refractivity contribution in [2.24, 2.45) is 7.05 Å². The van der Waals surface area contributed by atoms with Crippen molar-refractivity contribution in [2.45, 2.75) is 30.1 Å². The van der Waals surface area contributed by atoms with Gasteiger partial charge in [-0.1, -0.05) is 11.6 Å². The van der Waals surface area contributed by atoms with Gasteiger partial charge in [-0.05, 0) is 31.2 Å². The van der Waals surface area contributed by atoms with Crippen LogP contribution in [0.4, 0.5) is 10.2 Å². The Labute approximate surface area is 227 Å². The number of rotatable bonds is 2. The fourth-order valence-corrected chi connectivity index (χ4v) is 4.81. The number of pyridine rings is 1. The zero-order valence-electron chi connectivity index (χ0n) is 20.4. The Hall–Kier alpha value is -3.46. The van der Waals surface area contributed by atoms with E-state index in [-0.39, 0.29) is 28.4 Å². The molecule has 3 aromatic heterocycles. The molecule has 16 heteroatoms. The lowest BCUT2D eigenvalue weighted by molar-refractivity contribution is -0.391. The quantitative estimate of drug-likeness (QED) is 0.145. The van der Waals surface area contributed by atoms with Gasteiger partial charge in [0.2, 0.25) is 0 Å². The van der Waals surface area contributed by atoms with Crippen LogP contribution in [0.3, 0.4) is 0 Å². The number of halogens is 2. The number of nitrogens with zero attached hydrogens (tertiary/aromatic N) is 5. The van der Waals surface area contributed by atoms with Crippen LogP contribution in [0.1, 0.15) is 29.7 Å². The molecule has 1 aliphatic heterocycles. The van der Waals surface area contributed by atoms with Gasteiger partial charge < -0.3 is 36.0 Å². The number of fused-ring (bicyclic) bond motifs is 7. The topological polar surface area (TPSA) is 185 Å². The molecule has 0 aliphatic carbocycles. The van der Waals surface area contributed by atoms with Crippen LogP contribution in [0.2, 0.25) is 5.15 Å². The van der Waals surface area contributed by atoms with E-state index in [0.717, 1.165) is 6.20 Å². The van der Waals surface area contributed by atoms with E-state index in [2.05, 4.69) is 15.2 Å². The number of aliphatic hydroxyl groups is 5. The second-order valence-electron chi connectivity index (χ2n) is 9.22. The number of hydrogen-bond donors (Lipinski definition) is 6. The summed E-state index contributed by atoms with van der Waals surface area (Å²) in [4.78, 5) is 4.07. The number of hydrogen-bond acceptors (Lipinski definition) is 10. The maximum Gasteiger partial charge on any atom is 0.317 e. The number of aromatic nitrogens is 5. The summed E-state index contributed by atoms with van der Waals surface area (Å²) in [5, 5.41) is 59.9. The van der Waals surface area contributed by atoms with Gasteiger partial charge in [0.15, 0.2) is 30.2 Å². The Kier molecular flexibility index (Phi) is 6.10. The average molecular weight is 553 g/mol. The van der Waals surface area contributed by atoms with Gasteiger partial charge in [-0.2, -0.15) is 10.2 Å². The highest BCUT2D eigenvalue weighted by molar-refractivity contribution is 6.32. The van der Waals surface area contributed by atoms with Gasteiger partial charge in [-0.15, -0.1) is 0 Å². The maximum absolute atomic E-state index is 14.4. The lowest BCUT2D eigenvalue weighted by Crippen LogP contribution is -2.57. The van der Waals surface area contributed by atoms with Crippen LogP contribution in [0.15, 0.2) is 36.7 Å². The summed E-state index contributed by atoms with van der Waals surface area (Å²) in [6, 6.07) is 5.16. The summed E-state index contributed by atoms with van der Waals surface area (Å²) in [7, 11) is 13.8. The van der Waals surface area contributed by atoms with Crippen LogP contribution in [0, 0.1) is 5.82 Å². The maximum atomic E-state index is 14.4. The van der Waals surface area contributed by atoms with E-state index < -0.39 is 45.4 Å². The molecule has 7 N–H and O–H groups in total. The lowest BCUT2D eigenvalue weighted by Gasteiger charge is -2.35. The molecule has 4 heterocycles. The Bertz CT molecular complexity index is 1620. The minimum atomic E-state index is -3.95. The van der Waals surface area contributed by atoms with Crippen LogP contribution in [-0.2, 0) is 18.2 Å². The molecule has 0 saturated heterocycles.